The van der Waals surface area contributed by atoms with Gasteiger partial charge in [-0.15, -0.1) is 0 Å². The number of benzene rings is 2. The smallest absolute Gasteiger partial charge is 0.126 e. The van der Waals surface area contributed by atoms with Gasteiger partial charge in [-0.25, -0.2) is 17.6 Å². The first-order valence-corrected chi connectivity index (χ1v) is 14.2. The van der Waals surface area contributed by atoms with Crippen LogP contribution in [0.5, 0.6) is 11.5 Å². The number of aliphatic hydroxyl groups is 2. The van der Waals surface area contributed by atoms with Gasteiger partial charge in [-0.05, 0) is 80.1 Å². The average molecular weight is 616 g/mol. The van der Waals surface area contributed by atoms with Crippen molar-refractivity contribution in [2.45, 2.75) is 51.9 Å². The van der Waals surface area contributed by atoms with E-state index in [9.17, 15) is 27.8 Å². The molecule has 2 heterocycles. The van der Waals surface area contributed by atoms with Crippen LogP contribution >= 0.6 is 0 Å². The predicted octanol–water partition coefficient (Wildman–Crippen LogP) is 6.03. The van der Waals surface area contributed by atoms with E-state index < -0.39 is 41.5 Å². The van der Waals surface area contributed by atoms with Crippen LogP contribution in [0.1, 0.15) is 55.5 Å². The fourth-order valence-electron chi connectivity index (χ4n) is 4.53. The number of aromatic nitrogens is 2. The van der Waals surface area contributed by atoms with E-state index in [2.05, 4.69) is 9.97 Å². The lowest BCUT2D eigenvalue weighted by Crippen LogP contribution is -2.31. The third-order valence-corrected chi connectivity index (χ3v) is 6.55. The standard InChI is InChI=1S/C17H19F2NO2.C16H18F2N2O2/c1-3-22-15-4-5-20-16(10-15)17(21)11(2)6-12-7-13(18)9-14(19)8-12;1-2-22-13-3-4-20-15(9-13)16(21)14(19)7-10-5-11(17)8-12(18)6-10/h4-5,7-11,17,21H,3,6H2,1-2H3;3-6,8-9,14,16,21H,2,7,19H2,1H3/t11-,17-;14-,16-/m00/s1. The summed E-state index contributed by atoms with van der Waals surface area (Å²) in [6, 6.07) is 12.5. The number of nitrogens with two attached hydrogens (primary N) is 1. The van der Waals surface area contributed by atoms with Crippen molar-refractivity contribution in [3.05, 3.63) is 119 Å². The van der Waals surface area contributed by atoms with Crippen LogP contribution in [0.25, 0.3) is 0 Å². The molecule has 2 aromatic carbocycles. The summed E-state index contributed by atoms with van der Waals surface area (Å²) in [5.41, 5.74) is 7.65. The molecule has 0 aliphatic rings. The summed E-state index contributed by atoms with van der Waals surface area (Å²) in [6.45, 7) is 6.55. The summed E-state index contributed by atoms with van der Waals surface area (Å²) in [5, 5.41) is 20.6. The number of ether oxygens (including phenoxy) is 2. The van der Waals surface area contributed by atoms with Crippen LogP contribution in [0.15, 0.2) is 73.1 Å². The van der Waals surface area contributed by atoms with Crippen molar-refractivity contribution in [2.75, 3.05) is 13.2 Å². The van der Waals surface area contributed by atoms with E-state index in [-0.39, 0.29) is 12.3 Å². The first-order chi connectivity index (χ1) is 21.0. The average Bonchev–Trinajstić information content (AvgIpc) is 2.96. The van der Waals surface area contributed by atoms with Crippen LogP contribution in [0.3, 0.4) is 0 Å². The van der Waals surface area contributed by atoms with Crippen molar-refractivity contribution in [3.8, 4) is 11.5 Å². The zero-order chi connectivity index (χ0) is 32.2. The Kier molecular flexibility index (Phi) is 13.1. The summed E-state index contributed by atoms with van der Waals surface area (Å²) < 4.78 is 63.5. The van der Waals surface area contributed by atoms with E-state index in [4.69, 9.17) is 15.2 Å². The molecule has 4 N–H and O–H groups in total. The molecule has 4 atom stereocenters. The Morgan fingerprint density at radius 2 is 1.07 bits per heavy atom. The molecule has 0 saturated carbocycles. The maximum Gasteiger partial charge on any atom is 0.126 e. The van der Waals surface area contributed by atoms with Gasteiger partial charge in [0, 0.05) is 42.7 Å². The van der Waals surface area contributed by atoms with Gasteiger partial charge in [-0.1, -0.05) is 6.92 Å². The van der Waals surface area contributed by atoms with Gasteiger partial charge in [-0.3, -0.25) is 9.97 Å². The number of pyridine rings is 2. The van der Waals surface area contributed by atoms with E-state index in [1.54, 1.807) is 30.5 Å². The van der Waals surface area contributed by atoms with Gasteiger partial charge in [0.05, 0.1) is 30.7 Å². The monoisotopic (exact) mass is 615 g/mol. The molecule has 0 aliphatic heterocycles. The Bertz CT molecular complexity index is 1340. The number of nitrogens with zero attached hydrogens (tertiary/aromatic N) is 2. The second-order valence-corrected chi connectivity index (χ2v) is 10.2. The number of rotatable bonds is 12. The fraction of sp³-hybridized carbons (Fsp3) is 0.333. The van der Waals surface area contributed by atoms with E-state index in [1.807, 2.05) is 20.8 Å². The minimum absolute atomic E-state index is 0.121. The SMILES string of the molecule is CCOc1ccnc([C@@H](O)[C@@H](C)Cc2cc(F)cc(F)c2)c1.CCOc1ccnc([C@@H](O)[C@@H](N)Cc2cc(F)cc(F)c2)c1. The van der Waals surface area contributed by atoms with Gasteiger partial charge in [0.1, 0.15) is 40.9 Å². The molecule has 0 amide bonds. The molecule has 4 rings (SSSR count). The maximum absolute atomic E-state index is 13.2. The highest BCUT2D eigenvalue weighted by molar-refractivity contribution is 5.27. The van der Waals surface area contributed by atoms with Crippen LogP contribution in [0.2, 0.25) is 0 Å². The van der Waals surface area contributed by atoms with Crippen LogP contribution in [0.4, 0.5) is 17.6 Å². The lowest BCUT2D eigenvalue weighted by atomic mass is 9.93. The molecule has 2 aromatic heterocycles. The van der Waals surface area contributed by atoms with Crippen molar-refractivity contribution >= 4 is 0 Å². The quantitative estimate of drug-likeness (QED) is 0.167. The Balaban J connectivity index is 0.000000240. The minimum atomic E-state index is -1.06. The van der Waals surface area contributed by atoms with Crippen LogP contribution in [-0.2, 0) is 12.8 Å². The number of aliphatic hydroxyl groups excluding tert-OH is 2. The summed E-state index contributed by atoms with van der Waals surface area (Å²) >= 11 is 0. The molecular weight excluding hydrogens is 578 g/mol. The van der Waals surface area contributed by atoms with Crippen LogP contribution < -0.4 is 15.2 Å². The van der Waals surface area contributed by atoms with Gasteiger partial charge in [0.25, 0.3) is 0 Å². The summed E-state index contributed by atoms with van der Waals surface area (Å²) in [7, 11) is 0. The molecule has 7 nitrogen and oxygen atoms in total. The predicted molar refractivity (Wildman–Crippen MR) is 158 cm³/mol. The summed E-state index contributed by atoms with van der Waals surface area (Å²) in [6.07, 6.45) is 1.64. The normalized spacial score (nSPS) is 13.7. The third-order valence-electron chi connectivity index (χ3n) is 6.55. The molecule has 0 spiro atoms. The second-order valence-electron chi connectivity index (χ2n) is 10.2. The van der Waals surface area contributed by atoms with E-state index in [0.717, 1.165) is 12.1 Å². The fourth-order valence-corrected chi connectivity index (χ4v) is 4.53. The van der Waals surface area contributed by atoms with Crippen LogP contribution in [0, 0.1) is 29.2 Å². The first-order valence-electron chi connectivity index (χ1n) is 14.2. The van der Waals surface area contributed by atoms with Gasteiger partial charge in [-0.2, -0.15) is 0 Å². The van der Waals surface area contributed by atoms with Gasteiger partial charge >= 0.3 is 0 Å². The topological polar surface area (TPSA) is 111 Å². The highest BCUT2D eigenvalue weighted by atomic mass is 19.1. The molecule has 0 saturated heterocycles. The van der Waals surface area contributed by atoms with Crippen molar-refractivity contribution < 1.29 is 37.2 Å². The Morgan fingerprint density at radius 3 is 1.50 bits per heavy atom. The van der Waals surface area contributed by atoms with E-state index >= 15 is 0 Å². The number of hydrogen-bond donors (Lipinski definition) is 3. The molecule has 0 fully saturated rings. The second kappa shape index (κ2) is 16.7. The molecule has 0 bridgehead atoms. The Morgan fingerprint density at radius 1 is 0.659 bits per heavy atom. The molecular formula is C33H37F4N3O4. The maximum atomic E-state index is 13.2. The largest absolute Gasteiger partial charge is 0.494 e. The molecule has 4 aromatic rings. The number of hydrogen-bond acceptors (Lipinski definition) is 7. The molecule has 44 heavy (non-hydrogen) atoms. The summed E-state index contributed by atoms with van der Waals surface area (Å²) in [4.78, 5) is 8.20. The van der Waals surface area contributed by atoms with Crippen molar-refractivity contribution in [1.29, 1.82) is 0 Å². The molecule has 0 radical (unpaired) electrons. The van der Waals surface area contributed by atoms with Gasteiger partial charge in [0.15, 0.2) is 0 Å². The zero-order valence-electron chi connectivity index (χ0n) is 24.8. The molecule has 0 aliphatic carbocycles. The third kappa shape index (κ3) is 10.6. The van der Waals surface area contributed by atoms with Crippen molar-refractivity contribution in [2.24, 2.45) is 11.7 Å². The number of halogens is 4. The Labute approximate surface area is 254 Å². The molecule has 236 valence electrons. The lowest BCUT2D eigenvalue weighted by Gasteiger charge is -2.19. The summed E-state index contributed by atoms with van der Waals surface area (Å²) in [5.74, 6) is -1.61. The van der Waals surface area contributed by atoms with E-state index in [0.29, 0.717) is 53.6 Å². The van der Waals surface area contributed by atoms with Crippen LogP contribution in [-0.4, -0.2) is 39.4 Å². The van der Waals surface area contributed by atoms with E-state index in [1.165, 1.54) is 30.5 Å². The Hall–Kier alpha value is -4.06. The highest BCUT2D eigenvalue weighted by Crippen LogP contribution is 2.26. The van der Waals surface area contributed by atoms with Gasteiger partial charge in [0.2, 0.25) is 0 Å². The highest BCUT2D eigenvalue weighted by Gasteiger charge is 2.21. The first kappa shape index (κ1) is 34.4. The van der Waals surface area contributed by atoms with Gasteiger partial charge < -0.3 is 25.4 Å². The van der Waals surface area contributed by atoms with Crippen molar-refractivity contribution in [1.82, 2.24) is 9.97 Å². The van der Waals surface area contributed by atoms with Crippen molar-refractivity contribution in [3.63, 3.8) is 0 Å². The zero-order valence-corrected chi connectivity index (χ0v) is 24.8. The minimum Gasteiger partial charge on any atom is -0.494 e. The lowest BCUT2D eigenvalue weighted by molar-refractivity contribution is 0.113. The molecule has 11 heteroatoms. The molecule has 0 unspecified atom stereocenters.